The van der Waals surface area contributed by atoms with Crippen LogP contribution in [0.5, 0.6) is 0 Å². The lowest BCUT2D eigenvalue weighted by Gasteiger charge is -2.07. The summed E-state index contributed by atoms with van der Waals surface area (Å²) in [4.78, 5) is 10.2. The molecule has 70 valence electrons. The summed E-state index contributed by atoms with van der Waals surface area (Å²) < 4.78 is 0. The Kier molecular flexibility index (Phi) is 2.92. The van der Waals surface area contributed by atoms with Crippen molar-refractivity contribution in [1.82, 2.24) is 0 Å². The zero-order chi connectivity index (χ0) is 9.19. The molecule has 0 amide bonds. The average molecular weight is 168 g/mol. The van der Waals surface area contributed by atoms with E-state index in [-0.39, 0.29) is 0 Å². The van der Waals surface area contributed by atoms with Crippen LogP contribution in [0.25, 0.3) is 0 Å². The van der Waals surface area contributed by atoms with Crippen molar-refractivity contribution in [3.05, 3.63) is 0 Å². The summed E-state index contributed by atoms with van der Waals surface area (Å²) in [5.74, 6) is 1.53. The van der Waals surface area contributed by atoms with E-state index in [0.29, 0.717) is 11.3 Å². The lowest BCUT2D eigenvalue weighted by atomic mass is 9.98. The third kappa shape index (κ3) is 2.62. The van der Waals surface area contributed by atoms with Gasteiger partial charge < -0.3 is 4.79 Å². The molecule has 1 aliphatic carbocycles. The highest BCUT2D eigenvalue weighted by Crippen LogP contribution is 2.54. The Morgan fingerprint density at radius 3 is 2.58 bits per heavy atom. The van der Waals surface area contributed by atoms with Crippen molar-refractivity contribution < 1.29 is 4.79 Å². The number of carbonyl (C=O) groups is 1. The average Bonchev–Trinajstić information content (AvgIpc) is 2.56. The van der Waals surface area contributed by atoms with Crippen LogP contribution in [0.4, 0.5) is 0 Å². The third-order valence-electron chi connectivity index (χ3n) is 3.22. The highest BCUT2D eigenvalue weighted by molar-refractivity contribution is 5.49. The van der Waals surface area contributed by atoms with Crippen molar-refractivity contribution in [2.75, 3.05) is 0 Å². The molecule has 0 aromatic heterocycles. The zero-order valence-electron chi connectivity index (χ0n) is 8.47. The van der Waals surface area contributed by atoms with E-state index in [9.17, 15) is 4.79 Å². The molecule has 2 atom stereocenters. The molecule has 0 spiro atoms. The van der Waals surface area contributed by atoms with Gasteiger partial charge in [0.15, 0.2) is 0 Å². The van der Waals surface area contributed by atoms with Gasteiger partial charge in [-0.05, 0) is 30.1 Å². The van der Waals surface area contributed by atoms with Gasteiger partial charge in [0.25, 0.3) is 0 Å². The van der Waals surface area contributed by atoms with Crippen LogP contribution in [0, 0.1) is 17.3 Å². The Hall–Kier alpha value is -0.330. The summed E-state index contributed by atoms with van der Waals surface area (Å²) in [6.07, 6.45) is 5.73. The highest BCUT2D eigenvalue weighted by Gasteiger charge is 2.44. The second kappa shape index (κ2) is 3.59. The van der Waals surface area contributed by atoms with Crippen LogP contribution in [0.1, 0.15) is 46.5 Å². The SMILES string of the molecule is CC(CC=O)CC[C@H]1CC1(C)C. The zero-order valence-corrected chi connectivity index (χ0v) is 8.47. The predicted molar refractivity (Wildman–Crippen MR) is 51.0 cm³/mol. The molecule has 1 unspecified atom stereocenters. The lowest BCUT2D eigenvalue weighted by Crippen LogP contribution is -1.98. The van der Waals surface area contributed by atoms with Crippen molar-refractivity contribution in [1.29, 1.82) is 0 Å². The summed E-state index contributed by atoms with van der Waals surface area (Å²) in [5, 5.41) is 0. The number of hydrogen-bond acceptors (Lipinski definition) is 1. The number of carbonyl (C=O) groups excluding carboxylic acids is 1. The van der Waals surface area contributed by atoms with Gasteiger partial charge in [0, 0.05) is 6.42 Å². The molecule has 0 radical (unpaired) electrons. The van der Waals surface area contributed by atoms with Crippen LogP contribution >= 0.6 is 0 Å². The fraction of sp³-hybridized carbons (Fsp3) is 0.909. The molecule has 12 heavy (non-hydrogen) atoms. The van der Waals surface area contributed by atoms with E-state index in [0.717, 1.165) is 18.6 Å². The molecule has 1 rings (SSSR count). The van der Waals surface area contributed by atoms with Gasteiger partial charge in [0.2, 0.25) is 0 Å². The van der Waals surface area contributed by atoms with Gasteiger partial charge in [-0.1, -0.05) is 27.2 Å². The van der Waals surface area contributed by atoms with E-state index >= 15 is 0 Å². The Labute approximate surface area is 75.5 Å². The minimum absolute atomic E-state index is 0.596. The van der Waals surface area contributed by atoms with Gasteiger partial charge in [-0.15, -0.1) is 0 Å². The van der Waals surface area contributed by atoms with Crippen LogP contribution in [-0.2, 0) is 4.79 Å². The molecule has 0 bridgehead atoms. The lowest BCUT2D eigenvalue weighted by molar-refractivity contribution is -0.108. The van der Waals surface area contributed by atoms with Crippen LogP contribution < -0.4 is 0 Å². The minimum Gasteiger partial charge on any atom is -0.303 e. The molecule has 1 aliphatic rings. The van der Waals surface area contributed by atoms with Gasteiger partial charge in [0.05, 0.1) is 0 Å². The first kappa shape index (κ1) is 9.76. The molecule has 1 nitrogen and oxygen atoms in total. The number of hydrogen-bond donors (Lipinski definition) is 0. The largest absolute Gasteiger partial charge is 0.303 e. The minimum atomic E-state index is 0.596. The molecule has 0 N–H and O–H groups in total. The van der Waals surface area contributed by atoms with Gasteiger partial charge in [-0.2, -0.15) is 0 Å². The monoisotopic (exact) mass is 168 g/mol. The fourth-order valence-electron chi connectivity index (χ4n) is 1.84. The number of rotatable bonds is 5. The second-order valence-electron chi connectivity index (χ2n) is 4.97. The second-order valence-corrected chi connectivity index (χ2v) is 4.97. The molecule has 0 aromatic rings. The standard InChI is InChI=1S/C11H20O/c1-9(6-7-12)4-5-10-8-11(10,2)3/h7,9-10H,4-6,8H2,1-3H3/t9?,10-/m0/s1. The van der Waals surface area contributed by atoms with Crippen LogP contribution in [-0.4, -0.2) is 6.29 Å². The van der Waals surface area contributed by atoms with E-state index in [1.165, 1.54) is 19.3 Å². The van der Waals surface area contributed by atoms with Crippen molar-refractivity contribution in [3.8, 4) is 0 Å². The van der Waals surface area contributed by atoms with Crippen LogP contribution in [0.15, 0.2) is 0 Å². The normalized spacial score (nSPS) is 28.1. The fourth-order valence-corrected chi connectivity index (χ4v) is 1.84. The van der Waals surface area contributed by atoms with Gasteiger partial charge in [-0.3, -0.25) is 0 Å². The molecule has 1 heteroatoms. The Balaban J connectivity index is 2.07. The van der Waals surface area contributed by atoms with E-state index < -0.39 is 0 Å². The molecular formula is C11H20O. The summed E-state index contributed by atoms with van der Waals surface area (Å²) in [5.41, 5.74) is 0.612. The smallest absolute Gasteiger partial charge is 0.120 e. The first-order chi connectivity index (χ1) is 5.56. The van der Waals surface area contributed by atoms with E-state index in [4.69, 9.17) is 0 Å². The van der Waals surface area contributed by atoms with Crippen molar-refractivity contribution in [2.24, 2.45) is 17.3 Å². The Morgan fingerprint density at radius 2 is 2.17 bits per heavy atom. The third-order valence-corrected chi connectivity index (χ3v) is 3.22. The van der Waals surface area contributed by atoms with E-state index in [1.807, 2.05) is 0 Å². The summed E-state index contributed by atoms with van der Waals surface area (Å²) in [6.45, 7) is 6.84. The maximum absolute atomic E-state index is 10.2. The summed E-state index contributed by atoms with van der Waals surface area (Å²) >= 11 is 0. The number of aldehydes is 1. The van der Waals surface area contributed by atoms with Gasteiger partial charge in [0.1, 0.15) is 6.29 Å². The maximum Gasteiger partial charge on any atom is 0.120 e. The molecule has 0 aromatic carbocycles. The van der Waals surface area contributed by atoms with Gasteiger partial charge >= 0.3 is 0 Å². The summed E-state index contributed by atoms with van der Waals surface area (Å²) in [6, 6.07) is 0. The van der Waals surface area contributed by atoms with Crippen molar-refractivity contribution >= 4 is 6.29 Å². The molecule has 1 fully saturated rings. The van der Waals surface area contributed by atoms with E-state index in [2.05, 4.69) is 20.8 Å². The summed E-state index contributed by atoms with van der Waals surface area (Å²) in [7, 11) is 0. The Bertz CT molecular complexity index is 160. The predicted octanol–water partition coefficient (Wildman–Crippen LogP) is 3.04. The van der Waals surface area contributed by atoms with Crippen LogP contribution in [0.2, 0.25) is 0 Å². The maximum atomic E-state index is 10.2. The molecule has 0 heterocycles. The highest BCUT2D eigenvalue weighted by atomic mass is 16.1. The first-order valence-corrected chi connectivity index (χ1v) is 5.00. The van der Waals surface area contributed by atoms with Crippen molar-refractivity contribution in [3.63, 3.8) is 0 Å². The van der Waals surface area contributed by atoms with Gasteiger partial charge in [-0.25, -0.2) is 0 Å². The topological polar surface area (TPSA) is 17.1 Å². The van der Waals surface area contributed by atoms with E-state index in [1.54, 1.807) is 0 Å². The van der Waals surface area contributed by atoms with Crippen LogP contribution in [0.3, 0.4) is 0 Å². The first-order valence-electron chi connectivity index (χ1n) is 5.00. The Morgan fingerprint density at radius 1 is 1.58 bits per heavy atom. The quantitative estimate of drug-likeness (QED) is 0.577. The molecule has 0 saturated heterocycles. The molecule has 1 saturated carbocycles. The molecule has 0 aliphatic heterocycles. The van der Waals surface area contributed by atoms with Crippen molar-refractivity contribution in [2.45, 2.75) is 46.5 Å². The molecular weight excluding hydrogens is 148 g/mol.